The number of rotatable bonds is 6. The molecule has 0 aliphatic rings. The van der Waals surface area contributed by atoms with Gasteiger partial charge in [0.05, 0.1) is 6.61 Å². The second kappa shape index (κ2) is 7.56. The summed E-state index contributed by atoms with van der Waals surface area (Å²) < 4.78 is 4.93. The number of ether oxygens (including phenoxy) is 1. The van der Waals surface area contributed by atoms with Crippen LogP contribution in [0.3, 0.4) is 0 Å². The fourth-order valence-electron chi connectivity index (χ4n) is 1.16. The summed E-state index contributed by atoms with van der Waals surface area (Å²) in [6.07, 6.45) is -4.78. The van der Waals surface area contributed by atoms with Crippen LogP contribution in [0.15, 0.2) is 12.2 Å². The predicted molar refractivity (Wildman–Crippen MR) is 66.1 cm³/mol. The highest BCUT2D eigenvalue weighted by molar-refractivity contribution is 5.82. The molecule has 7 heteroatoms. The van der Waals surface area contributed by atoms with E-state index in [2.05, 4.69) is 0 Å². The molecule has 0 aliphatic heterocycles. The molecule has 0 bridgehead atoms. The number of hydrogen-bond donors (Lipinski definition) is 5. The SMILES string of the molecule is CC(C)(C)OC(=O)/C=C/[C@@H](O)[C@@H](O)[C@H](O)[C@H](O)CO. The fraction of sp³-hybridized carbons (Fsp3) is 0.750. The summed E-state index contributed by atoms with van der Waals surface area (Å²) in [5.74, 6) is -0.712. The summed E-state index contributed by atoms with van der Waals surface area (Å²) in [6.45, 7) is 4.25. The maximum absolute atomic E-state index is 11.3. The maximum Gasteiger partial charge on any atom is 0.331 e. The van der Waals surface area contributed by atoms with E-state index in [1.807, 2.05) is 0 Å². The molecule has 112 valence electrons. The van der Waals surface area contributed by atoms with E-state index < -0.39 is 42.6 Å². The van der Waals surface area contributed by atoms with Gasteiger partial charge in [-0.3, -0.25) is 0 Å². The number of aliphatic hydroxyl groups excluding tert-OH is 5. The van der Waals surface area contributed by atoms with Gasteiger partial charge in [0.25, 0.3) is 0 Å². The minimum absolute atomic E-state index is 0.683. The first-order chi connectivity index (χ1) is 8.58. The van der Waals surface area contributed by atoms with Crippen LogP contribution in [0.5, 0.6) is 0 Å². The molecule has 5 N–H and O–H groups in total. The lowest BCUT2D eigenvalue weighted by atomic mass is 10.0. The van der Waals surface area contributed by atoms with E-state index in [4.69, 9.17) is 14.9 Å². The highest BCUT2D eigenvalue weighted by Crippen LogP contribution is 2.09. The summed E-state index contributed by atoms with van der Waals surface area (Å²) in [5.41, 5.74) is -0.683. The minimum Gasteiger partial charge on any atom is -0.457 e. The Labute approximate surface area is 111 Å². The summed E-state index contributed by atoms with van der Waals surface area (Å²) >= 11 is 0. The first-order valence-corrected chi connectivity index (χ1v) is 5.82. The topological polar surface area (TPSA) is 127 Å². The molecule has 0 radical (unpaired) electrons. The van der Waals surface area contributed by atoms with Crippen LogP contribution in [0.2, 0.25) is 0 Å². The van der Waals surface area contributed by atoms with Gasteiger partial charge in [-0.05, 0) is 26.8 Å². The van der Waals surface area contributed by atoms with Crippen LogP contribution in [0, 0.1) is 0 Å². The lowest BCUT2D eigenvalue weighted by Crippen LogP contribution is -2.45. The summed E-state index contributed by atoms with van der Waals surface area (Å²) in [6, 6.07) is 0. The molecule has 0 aliphatic carbocycles. The van der Waals surface area contributed by atoms with Gasteiger partial charge in [-0.25, -0.2) is 4.79 Å². The van der Waals surface area contributed by atoms with Gasteiger partial charge in [0, 0.05) is 6.08 Å². The van der Waals surface area contributed by atoms with E-state index in [0.717, 1.165) is 12.2 Å². The molecule has 0 fully saturated rings. The van der Waals surface area contributed by atoms with E-state index in [9.17, 15) is 20.1 Å². The quantitative estimate of drug-likeness (QED) is 0.290. The molecule has 0 rings (SSSR count). The zero-order valence-corrected chi connectivity index (χ0v) is 11.2. The molecular weight excluding hydrogens is 256 g/mol. The first kappa shape index (κ1) is 18.0. The van der Waals surface area contributed by atoms with Crippen molar-refractivity contribution < 1.29 is 35.1 Å². The third-order valence-corrected chi connectivity index (χ3v) is 2.12. The summed E-state index contributed by atoms with van der Waals surface area (Å²) in [4.78, 5) is 11.3. The molecule has 4 atom stereocenters. The molecule has 0 saturated carbocycles. The Morgan fingerprint density at radius 2 is 1.68 bits per heavy atom. The van der Waals surface area contributed by atoms with Crippen LogP contribution in [-0.4, -0.2) is 68.1 Å². The Kier molecular flexibility index (Phi) is 7.17. The van der Waals surface area contributed by atoms with Crippen molar-refractivity contribution in [3.63, 3.8) is 0 Å². The first-order valence-electron chi connectivity index (χ1n) is 5.82. The van der Waals surface area contributed by atoms with Crippen LogP contribution >= 0.6 is 0 Å². The van der Waals surface area contributed by atoms with Gasteiger partial charge in [0.15, 0.2) is 0 Å². The molecule has 0 aromatic heterocycles. The van der Waals surface area contributed by atoms with Crippen molar-refractivity contribution in [2.24, 2.45) is 0 Å². The van der Waals surface area contributed by atoms with Gasteiger partial charge in [0.2, 0.25) is 0 Å². The molecule has 7 nitrogen and oxygen atoms in total. The van der Waals surface area contributed by atoms with Crippen molar-refractivity contribution >= 4 is 5.97 Å². The zero-order chi connectivity index (χ0) is 15.2. The van der Waals surface area contributed by atoms with E-state index in [-0.39, 0.29) is 0 Å². The molecule has 0 spiro atoms. The monoisotopic (exact) mass is 278 g/mol. The van der Waals surface area contributed by atoms with Crippen LogP contribution in [-0.2, 0) is 9.53 Å². The smallest absolute Gasteiger partial charge is 0.331 e. The van der Waals surface area contributed by atoms with Crippen LogP contribution in [0.25, 0.3) is 0 Å². The van der Waals surface area contributed by atoms with Crippen molar-refractivity contribution in [1.29, 1.82) is 0 Å². The Bertz CT molecular complexity index is 308. The lowest BCUT2D eigenvalue weighted by Gasteiger charge is -2.24. The molecule has 0 unspecified atom stereocenters. The summed E-state index contributed by atoms with van der Waals surface area (Å²) in [5, 5.41) is 46.0. The molecule has 19 heavy (non-hydrogen) atoms. The predicted octanol–water partition coefficient (Wildman–Crippen LogP) is -1.68. The largest absolute Gasteiger partial charge is 0.457 e. The number of carbonyl (C=O) groups is 1. The van der Waals surface area contributed by atoms with Crippen molar-refractivity contribution in [1.82, 2.24) is 0 Å². The Hall–Kier alpha value is -0.990. The van der Waals surface area contributed by atoms with Crippen LogP contribution in [0.4, 0.5) is 0 Å². The van der Waals surface area contributed by atoms with Gasteiger partial charge >= 0.3 is 5.97 Å². The Morgan fingerprint density at radius 1 is 1.16 bits per heavy atom. The second-order valence-electron chi connectivity index (χ2n) is 5.11. The molecule has 0 aromatic rings. The van der Waals surface area contributed by atoms with E-state index in [1.54, 1.807) is 20.8 Å². The van der Waals surface area contributed by atoms with E-state index in [0.29, 0.717) is 0 Å². The van der Waals surface area contributed by atoms with Crippen LogP contribution in [0.1, 0.15) is 20.8 Å². The van der Waals surface area contributed by atoms with Crippen molar-refractivity contribution in [2.45, 2.75) is 50.8 Å². The third kappa shape index (κ3) is 7.24. The Morgan fingerprint density at radius 3 is 2.11 bits per heavy atom. The second-order valence-corrected chi connectivity index (χ2v) is 5.11. The van der Waals surface area contributed by atoms with Gasteiger partial charge < -0.3 is 30.3 Å². The van der Waals surface area contributed by atoms with Crippen LogP contribution < -0.4 is 0 Å². The average molecular weight is 278 g/mol. The highest BCUT2D eigenvalue weighted by atomic mass is 16.6. The van der Waals surface area contributed by atoms with Gasteiger partial charge in [-0.2, -0.15) is 0 Å². The number of hydrogen-bond acceptors (Lipinski definition) is 7. The van der Waals surface area contributed by atoms with Crippen molar-refractivity contribution in [3.8, 4) is 0 Å². The number of esters is 1. The van der Waals surface area contributed by atoms with Crippen molar-refractivity contribution in [2.75, 3.05) is 6.61 Å². The molecule has 0 heterocycles. The average Bonchev–Trinajstić information content (AvgIpc) is 2.30. The van der Waals surface area contributed by atoms with Gasteiger partial charge in [-0.15, -0.1) is 0 Å². The van der Waals surface area contributed by atoms with Gasteiger partial charge in [0.1, 0.15) is 30.0 Å². The Balaban J connectivity index is 4.43. The van der Waals surface area contributed by atoms with Crippen molar-refractivity contribution in [3.05, 3.63) is 12.2 Å². The standard InChI is InChI=1S/C12H22O7/c1-12(2,3)19-9(16)5-4-7(14)10(17)11(18)8(15)6-13/h4-5,7-8,10-11,13-15,17-18H,6H2,1-3H3/b5-4+/t7-,8-,10-,11-/m1/s1. The van der Waals surface area contributed by atoms with Gasteiger partial charge in [-0.1, -0.05) is 0 Å². The maximum atomic E-state index is 11.3. The number of carbonyl (C=O) groups excluding carboxylic acids is 1. The summed E-state index contributed by atoms with van der Waals surface area (Å²) in [7, 11) is 0. The van der Waals surface area contributed by atoms with E-state index >= 15 is 0 Å². The van der Waals surface area contributed by atoms with E-state index in [1.165, 1.54) is 0 Å². The third-order valence-electron chi connectivity index (χ3n) is 2.12. The molecule has 0 saturated heterocycles. The normalized spacial score (nSPS) is 18.9. The highest BCUT2D eigenvalue weighted by Gasteiger charge is 2.28. The molecule has 0 aromatic carbocycles. The number of aliphatic hydroxyl groups is 5. The lowest BCUT2D eigenvalue weighted by molar-refractivity contribution is -0.148. The molecule has 0 amide bonds. The molecular formula is C12H22O7. The zero-order valence-electron chi connectivity index (χ0n) is 11.2. The minimum atomic E-state index is -1.74. The fourth-order valence-corrected chi connectivity index (χ4v) is 1.16.